The van der Waals surface area contributed by atoms with Crippen molar-refractivity contribution in [3.63, 3.8) is 0 Å². The van der Waals surface area contributed by atoms with Gasteiger partial charge in [-0.2, -0.15) is 26.6 Å². The smallest absolute Gasteiger partial charge is 0.180 e. The number of nitrogens with one attached hydrogen (secondary N) is 6. The van der Waals surface area contributed by atoms with Crippen LogP contribution in [0.2, 0.25) is 0 Å². The molecule has 0 bridgehead atoms. The number of rotatable bonds is 0. The number of aromatic amines is 6. The molecule has 0 aliphatic rings. The maximum Gasteiger partial charge on any atom is 0.180 e. The van der Waals surface area contributed by atoms with Crippen LogP contribution in [0.15, 0.2) is 530 Å². The van der Waals surface area contributed by atoms with Gasteiger partial charge in [0.2, 0.25) is 0 Å². The number of pyridine rings is 1. The predicted molar refractivity (Wildman–Crippen MR) is 533 cm³/mol. The Labute approximate surface area is 787 Å². The van der Waals surface area contributed by atoms with Gasteiger partial charge in [-0.3, -0.25) is 35.0 Å². The molecular weight excluding hydrogens is 1770 g/mol. The zero-order chi connectivity index (χ0) is 91.3. The summed E-state index contributed by atoms with van der Waals surface area (Å²) in [6.07, 6.45) is 66.7. The minimum atomic E-state index is 0. The summed E-state index contributed by atoms with van der Waals surface area (Å²) in [5.74, 6) is 0. The van der Waals surface area contributed by atoms with Crippen LogP contribution in [-0.4, -0.2) is 135 Å². The van der Waals surface area contributed by atoms with Gasteiger partial charge in [-0.1, -0.05) is 91.4 Å². The van der Waals surface area contributed by atoms with Crippen molar-refractivity contribution < 1.29 is 13.4 Å². The molecule has 26 rings (SSSR count). The fourth-order valence-corrected chi connectivity index (χ4v) is 11.8. The number of fused-ring (bicyclic) bond motifs is 5. The fraction of sp³-hybridized carbons (Fsp3) is 0.0104. The van der Waals surface area contributed by atoms with Gasteiger partial charge in [-0.25, -0.2) is 54.2 Å². The highest BCUT2D eigenvalue weighted by molar-refractivity contribution is 7.25. The van der Waals surface area contributed by atoms with Crippen molar-refractivity contribution in [1.82, 2.24) is 135 Å². The van der Waals surface area contributed by atoms with Gasteiger partial charge in [0, 0.05) is 198 Å². The molecule has 0 unspecified atom stereocenters. The Kier molecular flexibility index (Phi) is 64.8. The van der Waals surface area contributed by atoms with Crippen LogP contribution in [0.25, 0.3) is 52.5 Å². The molecule has 4 aromatic carbocycles. The first-order chi connectivity index (χ1) is 65.3. The quantitative estimate of drug-likeness (QED) is 0.0821. The number of imidazole rings is 3. The van der Waals surface area contributed by atoms with Gasteiger partial charge in [0.25, 0.3) is 0 Å². The maximum absolute atomic E-state index is 4.58. The summed E-state index contributed by atoms with van der Waals surface area (Å²) in [5, 5.41) is 33.6. The van der Waals surface area contributed by atoms with E-state index >= 15 is 0 Å². The van der Waals surface area contributed by atoms with Crippen LogP contribution in [0, 0.1) is 0 Å². The van der Waals surface area contributed by atoms with Crippen LogP contribution in [0.1, 0.15) is 7.43 Å². The molecule has 0 spiro atoms. The highest BCUT2D eigenvalue weighted by atomic mass is 32.1. The number of thiazole rings is 1. The molecule has 668 valence electrons. The molecule has 6 N–H and O–H groups in total. The average molecular weight is 1870 g/mol. The Morgan fingerprint density at radius 2 is 0.826 bits per heavy atom. The molecule has 0 amide bonds. The van der Waals surface area contributed by atoms with Gasteiger partial charge in [0.15, 0.2) is 6.39 Å². The van der Waals surface area contributed by atoms with Crippen molar-refractivity contribution in [2.24, 2.45) is 0 Å². The SMILES string of the molecule is C.c1c[nH]cn1.c1c[nH]cn1.c1cc2sccc2s1.c1cc[nH]c1.c1ccc2[nH]ccc2c1.c1ccc2[nH]cnc2c1.c1ccc2nccnc2c1.c1ccc2sccc2c1.c1ccncc1.c1ccnnc1.c1ccoc1.c1ccsc1.c1cn[nH]c1.c1cnccn1.c1cncnc1.c1cncnc1.c1cncnc1.c1cnoc1.c1cnsc1.c1cocn1.c1cscn1. The van der Waals surface area contributed by atoms with Crippen LogP contribution < -0.4 is 0 Å². The van der Waals surface area contributed by atoms with Crippen molar-refractivity contribution in [1.29, 1.82) is 0 Å². The van der Waals surface area contributed by atoms with Gasteiger partial charge in [-0.15, -0.1) is 45.3 Å². The van der Waals surface area contributed by atoms with Crippen LogP contribution >= 0.6 is 68.2 Å². The third-order valence-corrected chi connectivity index (χ3v) is 18.0. The van der Waals surface area contributed by atoms with Gasteiger partial charge in [-0.05, 0) is 195 Å². The highest BCUT2D eigenvalue weighted by Gasteiger charge is 1.93. The monoisotopic (exact) mass is 1870 g/mol. The summed E-state index contributed by atoms with van der Waals surface area (Å²) in [6, 6.07) is 72.6. The lowest BCUT2D eigenvalue weighted by Crippen LogP contribution is -1.78. The molecule has 0 saturated carbocycles. The standard InChI is InChI=1S/C8H6N2.C8H7N.C8H6S.C7H6N2.C6H4S2.C5H5N.5C4H4N2.C4H5N.C4H4O.C4H4S.3C3H4N2.2C3H3NO.2C3H3NS.CH4/c1-2-4-8-7(3-1)9-5-6-10-8;2*1-2-4-8-7(3-1)5-6-9-8;1-2-4-7-6(3-1)8-5-9-7;1-3-7-6-2-4-8-5(1)6;1-2-4-6-5-3-1;1-2-6-4-3-5-1;3*1-2-5-4-6-3-1;1-2-4-6-5-3-1;3*1-2-4-5-3-1;2*1-2-5-3-4-1;1-2-4-5-3-1;1-2-5-3-4-1;1-2-4-5-3-1;1-2-5-3-4-1;1-2-4-5-3-1;/h1-6H;1-6,9H;1-6H;1-5H,(H,8,9);1-4H;1-5H;5*1-4H;1-5H;2*1-4H;3*1-3H,(H,4,5);4*1-3H;1H4. The number of benzene rings is 4. The minimum Gasteiger partial charge on any atom is -0.473 e. The average Bonchev–Trinajstić information content (AvgIpc) is 1.40. The van der Waals surface area contributed by atoms with Crippen molar-refractivity contribution in [3.8, 4) is 0 Å². The van der Waals surface area contributed by atoms with E-state index < -0.39 is 0 Å². The second kappa shape index (κ2) is 81.0. The number of aromatic nitrogens is 27. The van der Waals surface area contributed by atoms with E-state index in [1.807, 2.05) is 180 Å². The number of hydrogen-bond acceptors (Lipinski definition) is 30. The molecule has 132 heavy (non-hydrogen) atoms. The van der Waals surface area contributed by atoms with Gasteiger partial charge in [0.05, 0.1) is 71.5 Å². The molecule has 0 radical (unpaired) electrons. The first-order valence-corrected chi connectivity index (χ1v) is 44.1. The zero-order valence-electron chi connectivity index (χ0n) is 70.1. The minimum absolute atomic E-state index is 0. The van der Waals surface area contributed by atoms with Crippen LogP contribution in [0.3, 0.4) is 0 Å². The molecule has 0 atom stereocenters. The second-order valence-corrected chi connectivity index (χ2v) is 27.7. The van der Waals surface area contributed by atoms with Gasteiger partial charge < -0.3 is 38.3 Å². The molecule has 0 fully saturated rings. The van der Waals surface area contributed by atoms with Crippen molar-refractivity contribution in [2.45, 2.75) is 7.43 Å². The number of hydrogen-bond donors (Lipinski definition) is 6. The second-order valence-electron chi connectivity index (χ2n) is 22.6. The Morgan fingerprint density at radius 3 is 1.15 bits per heavy atom. The molecule has 30 nitrogen and oxygen atoms in total. The van der Waals surface area contributed by atoms with Crippen LogP contribution in [0.4, 0.5) is 0 Å². The van der Waals surface area contributed by atoms with Crippen LogP contribution in [-0.2, 0) is 0 Å². The topological polar surface area (TPSA) is 405 Å². The van der Waals surface area contributed by atoms with E-state index in [0.29, 0.717) is 0 Å². The summed E-state index contributed by atoms with van der Waals surface area (Å²) < 4.78 is 21.3. The lowest BCUT2D eigenvalue weighted by molar-refractivity contribution is 0.420. The Hall–Kier alpha value is -17.0. The van der Waals surface area contributed by atoms with E-state index in [-0.39, 0.29) is 7.43 Å². The van der Waals surface area contributed by atoms with E-state index in [4.69, 9.17) is 0 Å². The Bertz CT molecular complexity index is 4960. The molecule has 22 heterocycles. The lowest BCUT2D eigenvalue weighted by atomic mass is 10.3. The molecule has 22 aromatic heterocycles. The summed E-state index contributed by atoms with van der Waals surface area (Å²) in [6.45, 7) is 0. The van der Waals surface area contributed by atoms with Crippen molar-refractivity contribution in [3.05, 3.63) is 517 Å². The first kappa shape index (κ1) is 106. The number of oxazole rings is 1. The maximum atomic E-state index is 4.58. The van der Waals surface area contributed by atoms with E-state index in [2.05, 4.69) is 225 Å². The summed E-state index contributed by atoms with van der Waals surface area (Å²) in [5.41, 5.74) is 7.02. The number of H-pyrrole nitrogens is 6. The largest absolute Gasteiger partial charge is 0.473 e. The van der Waals surface area contributed by atoms with E-state index in [1.165, 1.54) is 79.8 Å². The Morgan fingerprint density at radius 1 is 0.265 bits per heavy atom. The summed E-state index contributed by atoms with van der Waals surface area (Å²) in [4.78, 5) is 74.7. The fourth-order valence-electron chi connectivity index (χ4n) is 8.05. The normalized spacial score (nSPS) is 8.70. The third-order valence-electron chi connectivity index (χ3n) is 13.5. The molecule has 26 aromatic rings. The van der Waals surface area contributed by atoms with E-state index in [1.54, 1.807) is 279 Å². The van der Waals surface area contributed by atoms with Gasteiger partial charge >= 0.3 is 0 Å². The Balaban J connectivity index is 0.000000246. The third kappa shape index (κ3) is 59.7. The van der Waals surface area contributed by atoms with E-state index in [9.17, 15) is 0 Å². The lowest BCUT2D eigenvalue weighted by Gasteiger charge is -1.90. The number of para-hydroxylation sites is 5. The molecular formula is C96H95N27O3S6. The summed E-state index contributed by atoms with van der Waals surface area (Å²) in [7, 11) is 0. The number of furan rings is 1. The highest BCUT2D eigenvalue weighted by Crippen LogP contribution is 2.25. The molecule has 0 saturated heterocycles. The summed E-state index contributed by atoms with van der Waals surface area (Å²) >= 11 is 10.2. The number of nitrogens with zero attached hydrogens (tertiary/aromatic N) is 21. The van der Waals surface area contributed by atoms with Crippen LogP contribution in [0.5, 0.6) is 0 Å². The number of thiophene rings is 4. The predicted octanol–water partition coefficient (Wildman–Crippen LogP) is 24.2. The molecule has 0 aliphatic carbocycles. The molecule has 36 heteroatoms. The van der Waals surface area contributed by atoms with Crippen molar-refractivity contribution >= 4 is 121 Å². The van der Waals surface area contributed by atoms with Crippen molar-refractivity contribution in [2.75, 3.05) is 0 Å². The van der Waals surface area contributed by atoms with E-state index in [0.717, 1.165) is 22.1 Å². The first-order valence-electron chi connectivity index (χ1n) is 38.7. The van der Waals surface area contributed by atoms with Gasteiger partial charge in [0.1, 0.15) is 31.5 Å². The molecule has 0 aliphatic heterocycles. The zero-order valence-corrected chi connectivity index (χ0v) is 75.0.